The predicted molar refractivity (Wildman–Crippen MR) is 83.0 cm³/mol. The standard InChI is InChI=1S/C17H27NO2/c1-6-17(18,10-16(19)20)15-8-13(11(2)3)7-14(9-15)12(4)5/h7-9,11-12H,6,10,18H2,1-5H3,(H,19,20). The second kappa shape index (κ2) is 6.40. The fraction of sp³-hybridized carbons (Fsp3) is 0.588. The van der Waals surface area contributed by atoms with Gasteiger partial charge in [-0.1, -0.05) is 52.8 Å². The Labute approximate surface area is 122 Å². The van der Waals surface area contributed by atoms with E-state index in [4.69, 9.17) is 10.8 Å². The highest BCUT2D eigenvalue weighted by molar-refractivity contribution is 5.69. The molecule has 0 aliphatic rings. The van der Waals surface area contributed by atoms with Crippen LogP contribution in [-0.2, 0) is 10.3 Å². The van der Waals surface area contributed by atoms with Crippen LogP contribution in [0.5, 0.6) is 0 Å². The minimum absolute atomic E-state index is 0.0391. The van der Waals surface area contributed by atoms with Crippen LogP contribution in [0.25, 0.3) is 0 Å². The van der Waals surface area contributed by atoms with Crippen molar-refractivity contribution in [3.8, 4) is 0 Å². The van der Waals surface area contributed by atoms with Gasteiger partial charge in [0.2, 0.25) is 0 Å². The highest BCUT2D eigenvalue weighted by Gasteiger charge is 2.29. The zero-order valence-corrected chi connectivity index (χ0v) is 13.2. The molecule has 3 N–H and O–H groups in total. The van der Waals surface area contributed by atoms with Crippen molar-refractivity contribution in [3.63, 3.8) is 0 Å². The first kappa shape index (κ1) is 16.7. The minimum Gasteiger partial charge on any atom is -0.481 e. The molecule has 0 fully saturated rings. The van der Waals surface area contributed by atoms with Crippen LogP contribution in [0.1, 0.15) is 76.0 Å². The maximum absolute atomic E-state index is 11.1. The van der Waals surface area contributed by atoms with Crippen LogP contribution in [0.3, 0.4) is 0 Å². The van der Waals surface area contributed by atoms with E-state index in [2.05, 4.69) is 45.9 Å². The van der Waals surface area contributed by atoms with Crippen LogP contribution < -0.4 is 5.73 Å². The molecule has 0 aromatic heterocycles. The molecule has 0 bridgehead atoms. The summed E-state index contributed by atoms with van der Waals surface area (Å²) in [5, 5.41) is 9.12. The fourth-order valence-electron chi connectivity index (χ4n) is 2.33. The van der Waals surface area contributed by atoms with Crippen LogP contribution in [-0.4, -0.2) is 11.1 Å². The Morgan fingerprint density at radius 1 is 1.15 bits per heavy atom. The van der Waals surface area contributed by atoms with Crippen molar-refractivity contribution in [1.29, 1.82) is 0 Å². The van der Waals surface area contributed by atoms with E-state index in [1.807, 2.05) is 6.92 Å². The van der Waals surface area contributed by atoms with E-state index in [1.165, 1.54) is 11.1 Å². The Morgan fingerprint density at radius 3 is 1.90 bits per heavy atom. The monoisotopic (exact) mass is 277 g/mol. The van der Waals surface area contributed by atoms with Crippen molar-refractivity contribution >= 4 is 5.97 Å². The minimum atomic E-state index is -0.851. The van der Waals surface area contributed by atoms with Crippen molar-refractivity contribution < 1.29 is 9.90 Å². The van der Waals surface area contributed by atoms with E-state index >= 15 is 0 Å². The van der Waals surface area contributed by atoms with Gasteiger partial charge in [-0.3, -0.25) is 4.79 Å². The second-order valence-electron chi connectivity index (χ2n) is 6.28. The third kappa shape index (κ3) is 3.83. The van der Waals surface area contributed by atoms with Crippen molar-refractivity contribution in [2.45, 2.75) is 64.8 Å². The van der Waals surface area contributed by atoms with Gasteiger partial charge in [0.15, 0.2) is 0 Å². The normalized spacial score (nSPS) is 14.6. The predicted octanol–water partition coefficient (Wildman–Crippen LogP) is 3.97. The first-order chi connectivity index (χ1) is 9.19. The number of rotatable bonds is 6. The number of carboxylic acid groups (broad SMARTS) is 1. The van der Waals surface area contributed by atoms with E-state index in [9.17, 15) is 4.79 Å². The number of carboxylic acids is 1. The van der Waals surface area contributed by atoms with Crippen LogP contribution in [0.15, 0.2) is 18.2 Å². The number of nitrogens with two attached hydrogens (primary N) is 1. The highest BCUT2D eigenvalue weighted by Crippen LogP contribution is 2.32. The lowest BCUT2D eigenvalue weighted by atomic mass is 9.81. The molecule has 3 heteroatoms. The van der Waals surface area contributed by atoms with Crippen molar-refractivity contribution in [2.24, 2.45) is 5.73 Å². The summed E-state index contributed by atoms with van der Waals surface area (Å²) in [7, 11) is 0. The summed E-state index contributed by atoms with van der Waals surface area (Å²) in [5.41, 5.74) is 8.97. The molecule has 0 amide bonds. The van der Waals surface area contributed by atoms with E-state index in [-0.39, 0.29) is 6.42 Å². The lowest BCUT2D eigenvalue weighted by Crippen LogP contribution is -2.38. The third-order valence-electron chi connectivity index (χ3n) is 3.98. The lowest BCUT2D eigenvalue weighted by molar-refractivity contribution is -0.138. The molecule has 0 aliphatic heterocycles. The molecule has 1 unspecified atom stereocenters. The van der Waals surface area contributed by atoms with Crippen LogP contribution in [0.2, 0.25) is 0 Å². The Hall–Kier alpha value is -1.35. The van der Waals surface area contributed by atoms with Gasteiger partial charge < -0.3 is 10.8 Å². The molecule has 0 saturated carbocycles. The summed E-state index contributed by atoms with van der Waals surface area (Å²) in [5.74, 6) is -0.0489. The molecule has 1 aromatic rings. The first-order valence-corrected chi connectivity index (χ1v) is 7.35. The molecule has 1 aromatic carbocycles. The van der Waals surface area contributed by atoms with E-state index in [0.717, 1.165) is 5.56 Å². The molecule has 1 atom stereocenters. The third-order valence-corrected chi connectivity index (χ3v) is 3.98. The molecule has 0 spiro atoms. The molecule has 1 rings (SSSR count). The van der Waals surface area contributed by atoms with Gasteiger partial charge in [0.05, 0.1) is 12.0 Å². The van der Waals surface area contributed by atoms with Crippen LogP contribution >= 0.6 is 0 Å². The van der Waals surface area contributed by atoms with Gasteiger partial charge in [0.1, 0.15) is 0 Å². The lowest BCUT2D eigenvalue weighted by Gasteiger charge is -2.29. The fourth-order valence-corrected chi connectivity index (χ4v) is 2.33. The van der Waals surface area contributed by atoms with Crippen LogP contribution in [0, 0.1) is 0 Å². The smallest absolute Gasteiger partial charge is 0.305 e. The summed E-state index contributed by atoms with van der Waals surface area (Å²) < 4.78 is 0. The van der Waals surface area contributed by atoms with Crippen molar-refractivity contribution in [2.75, 3.05) is 0 Å². The summed E-state index contributed by atoms with van der Waals surface area (Å²) in [6, 6.07) is 6.35. The molecule has 3 nitrogen and oxygen atoms in total. The number of hydrogen-bond acceptors (Lipinski definition) is 2. The Kier molecular flexibility index (Phi) is 5.35. The molecule has 112 valence electrons. The second-order valence-corrected chi connectivity index (χ2v) is 6.28. The van der Waals surface area contributed by atoms with E-state index < -0.39 is 11.5 Å². The number of benzene rings is 1. The van der Waals surface area contributed by atoms with Crippen molar-refractivity contribution in [1.82, 2.24) is 0 Å². The largest absolute Gasteiger partial charge is 0.481 e. The Bertz CT molecular complexity index is 454. The Morgan fingerprint density at radius 2 is 1.60 bits per heavy atom. The average Bonchev–Trinajstić information content (AvgIpc) is 2.37. The molecule has 20 heavy (non-hydrogen) atoms. The molecule has 0 radical (unpaired) electrons. The quantitative estimate of drug-likeness (QED) is 0.827. The Balaban J connectivity index is 3.37. The van der Waals surface area contributed by atoms with E-state index in [1.54, 1.807) is 0 Å². The molecular formula is C17H27NO2. The zero-order valence-electron chi connectivity index (χ0n) is 13.2. The summed E-state index contributed by atoms with van der Waals surface area (Å²) in [6.45, 7) is 10.5. The summed E-state index contributed by atoms with van der Waals surface area (Å²) >= 11 is 0. The average molecular weight is 277 g/mol. The molecule has 0 saturated heterocycles. The molecule has 0 aliphatic carbocycles. The number of hydrogen-bond donors (Lipinski definition) is 2. The number of aliphatic carboxylic acids is 1. The topological polar surface area (TPSA) is 63.3 Å². The van der Waals surface area contributed by atoms with Gasteiger partial charge in [0.25, 0.3) is 0 Å². The van der Waals surface area contributed by atoms with Gasteiger partial charge in [-0.25, -0.2) is 0 Å². The zero-order chi connectivity index (χ0) is 15.5. The van der Waals surface area contributed by atoms with Gasteiger partial charge in [0, 0.05) is 0 Å². The highest BCUT2D eigenvalue weighted by atomic mass is 16.4. The van der Waals surface area contributed by atoms with Crippen molar-refractivity contribution in [3.05, 3.63) is 34.9 Å². The first-order valence-electron chi connectivity index (χ1n) is 7.35. The van der Waals surface area contributed by atoms with Gasteiger partial charge >= 0.3 is 5.97 Å². The van der Waals surface area contributed by atoms with Gasteiger partial charge in [-0.05, 0) is 34.9 Å². The van der Waals surface area contributed by atoms with E-state index in [0.29, 0.717) is 18.3 Å². The molecule has 0 heterocycles. The van der Waals surface area contributed by atoms with Crippen LogP contribution in [0.4, 0.5) is 0 Å². The number of carbonyl (C=O) groups is 1. The van der Waals surface area contributed by atoms with Gasteiger partial charge in [-0.2, -0.15) is 0 Å². The summed E-state index contributed by atoms with van der Waals surface area (Å²) in [4.78, 5) is 11.1. The maximum atomic E-state index is 11.1. The maximum Gasteiger partial charge on any atom is 0.305 e. The molecular weight excluding hydrogens is 250 g/mol. The summed E-state index contributed by atoms with van der Waals surface area (Å²) in [6.07, 6.45) is 0.570. The van der Waals surface area contributed by atoms with Gasteiger partial charge in [-0.15, -0.1) is 0 Å². The SMILES string of the molecule is CCC(N)(CC(=O)O)c1cc(C(C)C)cc(C(C)C)c1.